The molecular formula is C13H15BrN2O. The fraction of sp³-hybridized carbons (Fsp3) is 0.462. The fourth-order valence-corrected chi connectivity index (χ4v) is 2.81. The van der Waals surface area contributed by atoms with Gasteiger partial charge in [-0.1, -0.05) is 6.07 Å². The van der Waals surface area contributed by atoms with Crippen LogP contribution in [0.3, 0.4) is 0 Å². The van der Waals surface area contributed by atoms with E-state index in [0.29, 0.717) is 0 Å². The van der Waals surface area contributed by atoms with Gasteiger partial charge >= 0.3 is 0 Å². The van der Waals surface area contributed by atoms with E-state index in [2.05, 4.69) is 27.0 Å². The molecule has 0 saturated heterocycles. The van der Waals surface area contributed by atoms with Crippen molar-refractivity contribution in [3.63, 3.8) is 0 Å². The summed E-state index contributed by atoms with van der Waals surface area (Å²) < 4.78 is 1.05. The summed E-state index contributed by atoms with van der Waals surface area (Å²) in [5.74, 6) is 0. The Morgan fingerprint density at radius 2 is 2.12 bits per heavy atom. The second-order valence-electron chi connectivity index (χ2n) is 4.65. The van der Waals surface area contributed by atoms with Crippen LogP contribution in [0.25, 0.3) is 0 Å². The van der Waals surface area contributed by atoms with Crippen LogP contribution in [0.1, 0.15) is 24.8 Å². The Hall–Kier alpha value is -1.12. The Balaban J connectivity index is 2.45. The Morgan fingerprint density at radius 3 is 2.59 bits per heavy atom. The van der Waals surface area contributed by atoms with Gasteiger partial charge in [0, 0.05) is 18.6 Å². The summed E-state index contributed by atoms with van der Waals surface area (Å²) in [7, 11) is 4.00. The van der Waals surface area contributed by atoms with Crippen molar-refractivity contribution in [2.24, 2.45) is 4.99 Å². The van der Waals surface area contributed by atoms with Crippen LogP contribution in [0.2, 0.25) is 0 Å². The average Bonchev–Trinajstić information content (AvgIpc) is 2.24. The highest BCUT2D eigenvalue weighted by atomic mass is 79.9. The number of anilines is 1. The molecule has 0 amide bonds. The first-order chi connectivity index (χ1) is 8.09. The number of carbonyl (C=O) groups excluding carboxylic acids is 1. The monoisotopic (exact) mass is 294 g/mol. The van der Waals surface area contributed by atoms with Crippen LogP contribution in [0.4, 0.5) is 5.69 Å². The van der Waals surface area contributed by atoms with Gasteiger partial charge in [0.15, 0.2) is 0 Å². The lowest BCUT2D eigenvalue weighted by molar-refractivity contribution is 0.256. The third kappa shape index (κ3) is 2.15. The number of benzene rings is 1. The van der Waals surface area contributed by atoms with Crippen LogP contribution in [-0.4, -0.2) is 20.2 Å². The molecule has 0 unspecified atom stereocenters. The SMILES string of the molecule is CN(C)c1cc(C2(N=C=O)CCC2)ccc1Br. The first kappa shape index (κ1) is 12.3. The number of halogens is 1. The second-order valence-corrected chi connectivity index (χ2v) is 5.50. The van der Waals surface area contributed by atoms with E-state index in [1.54, 1.807) is 6.08 Å². The summed E-state index contributed by atoms with van der Waals surface area (Å²) >= 11 is 3.53. The van der Waals surface area contributed by atoms with Gasteiger partial charge in [-0.2, -0.15) is 4.99 Å². The number of hydrogen-bond donors (Lipinski definition) is 0. The summed E-state index contributed by atoms with van der Waals surface area (Å²) in [6, 6.07) is 6.16. The number of rotatable bonds is 3. The molecule has 0 radical (unpaired) electrons. The Kier molecular flexibility index (Phi) is 3.36. The van der Waals surface area contributed by atoms with Crippen LogP contribution in [-0.2, 0) is 10.3 Å². The molecule has 1 saturated carbocycles. The molecule has 0 aliphatic heterocycles. The molecule has 4 heteroatoms. The lowest BCUT2D eigenvalue weighted by Crippen LogP contribution is -2.32. The smallest absolute Gasteiger partial charge is 0.235 e. The minimum atomic E-state index is -0.312. The van der Waals surface area contributed by atoms with Gasteiger partial charge in [-0.05, 0) is 52.9 Å². The van der Waals surface area contributed by atoms with E-state index in [4.69, 9.17) is 0 Å². The van der Waals surface area contributed by atoms with E-state index >= 15 is 0 Å². The molecule has 0 N–H and O–H groups in total. The number of aliphatic imine (C=N–C) groups is 1. The average molecular weight is 295 g/mol. The van der Waals surface area contributed by atoms with Crippen molar-refractivity contribution in [3.05, 3.63) is 28.2 Å². The molecule has 1 aliphatic carbocycles. The minimum Gasteiger partial charge on any atom is -0.377 e. The number of isocyanates is 1. The van der Waals surface area contributed by atoms with Crippen molar-refractivity contribution in [3.8, 4) is 0 Å². The highest BCUT2D eigenvalue weighted by molar-refractivity contribution is 9.10. The quantitative estimate of drug-likeness (QED) is 0.633. The van der Waals surface area contributed by atoms with Crippen molar-refractivity contribution in [2.45, 2.75) is 24.8 Å². The summed E-state index contributed by atoms with van der Waals surface area (Å²) in [5.41, 5.74) is 1.90. The Morgan fingerprint density at radius 1 is 1.41 bits per heavy atom. The van der Waals surface area contributed by atoms with E-state index in [1.165, 1.54) is 0 Å². The zero-order valence-electron chi connectivity index (χ0n) is 10.0. The lowest BCUT2D eigenvalue weighted by Gasteiger charge is -2.37. The van der Waals surface area contributed by atoms with Gasteiger partial charge in [-0.25, -0.2) is 4.79 Å². The molecule has 17 heavy (non-hydrogen) atoms. The largest absolute Gasteiger partial charge is 0.377 e. The molecular weight excluding hydrogens is 280 g/mol. The minimum absolute atomic E-state index is 0.312. The third-order valence-electron chi connectivity index (χ3n) is 3.41. The van der Waals surface area contributed by atoms with Gasteiger partial charge in [0.05, 0.1) is 11.2 Å². The number of hydrogen-bond acceptors (Lipinski definition) is 3. The predicted octanol–water partition coefficient (Wildman–Crippen LogP) is 3.23. The van der Waals surface area contributed by atoms with E-state index in [9.17, 15) is 4.79 Å². The van der Waals surface area contributed by atoms with Gasteiger partial charge in [0.25, 0.3) is 0 Å². The van der Waals surface area contributed by atoms with Gasteiger partial charge < -0.3 is 4.90 Å². The van der Waals surface area contributed by atoms with Crippen LogP contribution < -0.4 is 4.90 Å². The molecule has 90 valence electrons. The zero-order chi connectivity index (χ0) is 12.5. The molecule has 1 aromatic rings. The van der Waals surface area contributed by atoms with Crippen molar-refractivity contribution in [2.75, 3.05) is 19.0 Å². The van der Waals surface area contributed by atoms with Gasteiger partial charge in [0.2, 0.25) is 6.08 Å². The third-order valence-corrected chi connectivity index (χ3v) is 4.08. The van der Waals surface area contributed by atoms with Gasteiger partial charge in [0.1, 0.15) is 0 Å². The molecule has 0 atom stereocenters. The maximum atomic E-state index is 10.6. The van der Waals surface area contributed by atoms with E-state index in [1.807, 2.05) is 31.1 Å². The van der Waals surface area contributed by atoms with Crippen LogP contribution in [0.5, 0.6) is 0 Å². The summed E-state index contributed by atoms with van der Waals surface area (Å²) in [6.45, 7) is 0. The molecule has 1 fully saturated rings. The summed E-state index contributed by atoms with van der Waals surface area (Å²) in [5, 5.41) is 0. The molecule has 1 aromatic carbocycles. The normalized spacial score (nSPS) is 16.9. The second kappa shape index (κ2) is 4.63. The van der Waals surface area contributed by atoms with Gasteiger partial charge in [-0.15, -0.1) is 0 Å². The van der Waals surface area contributed by atoms with Crippen molar-refractivity contribution < 1.29 is 4.79 Å². The van der Waals surface area contributed by atoms with Crippen LogP contribution in [0.15, 0.2) is 27.7 Å². The van der Waals surface area contributed by atoms with E-state index in [-0.39, 0.29) is 5.54 Å². The van der Waals surface area contributed by atoms with Crippen LogP contribution in [0, 0.1) is 0 Å². The highest BCUT2D eigenvalue weighted by Gasteiger charge is 2.39. The first-order valence-corrected chi connectivity index (χ1v) is 6.45. The zero-order valence-corrected chi connectivity index (χ0v) is 11.6. The van der Waals surface area contributed by atoms with Crippen LogP contribution >= 0.6 is 15.9 Å². The molecule has 0 spiro atoms. The lowest BCUT2D eigenvalue weighted by atomic mass is 9.72. The predicted molar refractivity (Wildman–Crippen MR) is 72.1 cm³/mol. The molecule has 0 heterocycles. The van der Waals surface area contributed by atoms with E-state index < -0.39 is 0 Å². The first-order valence-electron chi connectivity index (χ1n) is 5.65. The summed E-state index contributed by atoms with van der Waals surface area (Å²) in [6.07, 6.45) is 4.73. The fourth-order valence-electron chi connectivity index (χ4n) is 2.21. The molecule has 0 bridgehead atoms. The topological polar surface area (TPSA) is 32.7 Å². The molecule has 0 aromatic heterocycles. The van der Waals surface area contributed by atoms with Crippen molar-refractivity contribution in [1.82, 2.24) is 0 Å². The van der Waals surface area contributed by atoms with Crippen molar-refractivity contribution >= 4 is 27.7 Å². The molecule has 1 aliphatic rings. The molecule has 3 nitrogen and oxygen atoms in total. The Labute approximate surface area is 110 Å². The highest BCUT2D eigenvalue weighted by Crippen LogP contribution is 2.46. The summed E-state index contributed by atoms with van der Waals surface area (Å²) in [4.78, 5) is 16.6. The number of nitrogens with zero attached hydrogens (tertiary/aromatic N) is 2. The maximum absolute atomic E-state index is 10.6. The Bertz CT molecular complexity index is 474. The van der Waals surface area contributed by atoms with E-state index in [0.717, 1.165) is 35.0 Å². The van der Waals surface area contributed by atoms with Gasteiger partial charge in [-0.3, -0.25) is 0 Å². The standard InChI is InChI=1S/C13H15BrN2O/c1-16(2)12-8-10(4-5-11(12)14)13(15-9-17)6-3-7-13/h4-5,8H,3,6-7H2,1-2H3. The maximum Gasteiger partial charge on any atom is 0.235 e. The molecule has 2 rings (SSSR count). The van der Waals surface area contributed by atoms with Crippen molar-refractivity contribution in [1.29, 1.82) is 0 Å².